The maximum atomic E-state index is 4.07. The van der Waals surface area contributed by atoms with Gasteiger partial charge in [-0.2, -0.15) is 0 Å². The Hall–Kier alpha value is -0.900. The van der Waals surface area contributed by atoms with E-state index in [2.05, 4.69) is 22.6 Å². The largest absolute Gasteiger partial charge is 0.319 e. The summed E-state index contributed by atoms with van der Waals surface area (Å²) in [6.07, 6.45) is 4.18. The Morgan fingerprint density at radius 2 is 2.38 bits per heavy atom. The zero-order valence-corrected chi connectivity index (χ0v) is 8.62. The molecule has 0 fully saturated rings. The molecule has 0 aliphatic heterocycles. The van der Waals surface area contributed by atoms with Crippen molar-refractivity contribution in [1.82, 2.24) is 20.3 Å². The van der Waals surface area contributed by atoms with E-state index in [1.165, 1.54) is 6.42 Å². The summed E-state index contributed by atoms with van der Waals surface area (Å²) in [5, 5.41) is 11.2. The number of hydrogen-bond donors (Lipinski definition) is 1. The topological polar surface area (TPSA) is 42.7 Å². The molecule has 0 spiro atoms. The van der Waals surface area contributed by atoms with Gasteiger partial charge in [0.2, 0.25) is 0 Å². The van der Waals surface area contributed by atoms with Gasteiger partial charge in [0.05, 0.1) is 5.69 Å². The van der Waals surface area contributed by atoms with Gasteiger partial charge in [-0.3, -0.25) is 4.68 Å². The van der Waals surface area contributed by atoms with Crippen molar-refractivity contribution < 1.29 is 0 Å². The van der Waals surface area contributed by atoms with E-state index in [-0.39, 0.29) is 0 Å². The second-order valence-corrected chi connectivity index (χ2v) is 3.42. The molecule has 1 N–H and O–H groups in total. The Balaban J connectivity index is 2.46. The van der Waals surface area contributed by atoms with Crippen LogP contribution in [0.25, 0.3) is 0 Å². The molecule has 1 aromatic heterocycles. The van der Waals surface area contributed by atoms with E-state index in [9.17, 15) is 0 Å². The molecule has 1 atom stereocenters. The van der Waals surface area contributed by atoms with Crippen LogP contribution in [0.3, 0.4) is 0 Å². The van der Waals surface area contributed by atoms with Crippen molar-refractivity contribution in [1.29, 1.82) is 0 Å². The van der Waals surface area contributed by atoms with E-state index in [0.717, 1.165) is 18.7 Å². The molecule has 13 heavy (non-hydrogen) atoms. The average molecular weight is 182 g/mol. The molecule has 74 valence electrons. The molecule has 0 aliphatic carbocycles. The monoisotopic (exact) mass is 182 g/mol. The van der Waals surface area contributed by atoms with Crippen molar-refractivity contribution in [2.75, 3.05) is 13.6 Å². The van der Waals surface area contributed by atoms with Gasteiger partial charge in [-0.15, -0.1) is 5.10 Å². The minimum absolute atomic E-state index is 0.668. The van der Waals surface area contributed by atoms with Crippen molar-refractivity contribution in [3.63, 3.8) is 0 Å². The molecule has 1 heterocycles. The first kappa shape index (κ1) is 10.2. The molecule has 0 aromatic carbocycles. The molecule has 1 rings (SSSR count). The third-order valence-electron chi connectivity index (χ3n) is 2.22. The lowest BCUT2D eigenvalue weighted by molar-refractivity contribution is 0.476. The molecule has 0 saturated carbocycles. The normalized spacial score (nSPS) is 13.2. The molecule has 0 aliphatic rings. The fourth-order valence-corrected chi connectivity index (χ4v) is 1.43. The maximum Gasteiger partial charge on any atom is 0.0830 e. The number of aromatic nitrogens is 3. The Kier molecular flexibility index (Phi) is 3.89. The second kappa shape index (κ2) is 4.97. The van der Waals surface area contributed by atoms with Crippen LogP contribution in [0.1, 0.15) is 19.0 Å². The fourth-order valence-electron chi connectivity index (χ4n) is 1.43. The summed E-state index contributed by atoms with van der Waals surface area (Å²) in [5.74, 6) is 0.668. The highest BCUT2D eigenvalue weighted by Crippen LogP contribution is 2.08. The lowest BCUT2D eigenvalue weighted by Crippen LogP contribution is -2.20. The number of nitrogens with zero attached hydrogens (tertiary/aromatic N) is 3. The average Bonchev–Trinajstić information content (AvgIpc) is 2.50. The molecule has 4 nitrogen and oxygen atoms in total. The molecule has 0 saturated heterocycles. The van der Waals surface area contributed by atoms with Crippen LogP contribution in [-0.2, 0) is 13.5 Å². The van der Waals surface area contributed by atoms with Crippen LogP contribution >= 0.6 is 0 Å². The number of aryl methyl sites for hydroxylation is 1. The number of nitrogens with one attached hydrogen (secondary N) is 1. The van der Waals surface area contributed by atoms with Gasteiger partial charge in [0.1, 0.15) is 0 Å². The standard InChI is InChI=1S/C9H18N4/c1-4-8(6-10-2)5-9-7-13(3)12-11-9/h7-8,10H,4-6H2,1-3H3. The Labute approximate surface area is 79.3 Å². The highest BCUT2D eigenvalue weighted by atomic mass is 15.4. The van der Waals surface area contributed by atoms with E-state index in [1.54, 1.807) is 4.68 Å². The maximum absolute atomic E-state index is 4.07. The quantitative estimate of drug-likeness (QED) is 0.725. The Morgan fingerprint density at radius 3 is 2.85 bits per heavy atom. The van der Waals surface area contributed by atoms with Gasteiger partial charge in [-0.25, -0.2) is 0 Å². The molecule has 4 heteroatoms. The van der Waals surface area contributed by atoms with E-state index in [1.807, 2.05) is 20.3 Å². The first-order valence-corrected chi connectivity index (χ1v) is 4.76. The third kappa shape index (κ3) is 3.14. The number of hydrogen-bond acceptors (Lipinski definition) is 3. The summed E-state index contributed by atoms with van der Waals surface area (Å²) in [6.45, 7) is 3.26. The van der Waals surface area contributed by atoms with Gasteiger partial charge in [-0.05, 0) is 25.9 Å². The van der Waals surface area contributed by atoms with Crippen molar-refractivity contribution >= 4 is 0 Å². The first-order valence-electron chi connectivity index (χ1n) is 4.76. The minimum atomic E-state index is 0.668. The summed E-state index contributed by atoms with van der Waals surface area (Å²) in [5.41, 5.74) is 1.09. The lowest BCUT2D eigenvalue weighted by atomic mass is 10.0. The van der Waals surface area contributed by atoms with Crippen molar-refractivity contribution in [3.8, 4) is 0 Å². The van der Waals surface area contributed by atoms with Crippen LogP contribution < -0.4 is 5.32 Å². The van der Waals surface area contributed by atoms with E-state index < -0.39 is 0 Å². The van der Waals surface area contributed by atoms with Crippen LogP contribution in [0.2, 0.25) is 0 Å². The molecule has 0 amide bonds. The summed E-state index contributed by atoms with van der Waals surface area (Å²) >= 11 is 0. The summed E-state index contributed by atoms with van der Waals surface area (Å²) < 4.78 is 1.75. The second-order valence-electron chi connectivity index (χ2n) is 3.42. The van der Waals surface area contributed by atoms with E-state index in [0.29, 0.717) is 5.92 Å². The van der Waals surface area contributed by atoms with Crippen LogP contribution in [0, 0.1) is 5.92 Å². The molecule has 1 aromatic rings. The van der Waals surface area contributed by atoms with Crippen molar-refractivity contribution in [3.05, 3.63) is 11.9 Å². The van der Waals surface area contributed by atoms with Gasteiger partial charge in [-0.1, -0.05) is 18.6 Å². The minimum Gasteiger partial charge on any atom is -0.319 e. The summed E-state index contributed by atoms with van der Waals surface area (Å²) in [4.78, 5) is 0. The molecule has 1 unspecified atom stereocenters. The van der Waals surface area contributed by atoms with Crippen molar-refractivity contribution in [2.45, 2.75) is 19.8 Å². The van der Waals surface area contributed by atoms with Gasteiger partial charge in [0, 0.05) is 13.2 Å². The predicted molar refractivity (Wildman–Crippen MR) is 52.4 cm³/mol. The lowest BCUT2D eigenvalue weighted by Gasteiger charge is -2.11. The summed E-state index contributed by atoms with van der Waals surface area (Å²) in [6, 6.07) is 0. The predicted octanol–water partition coefficient (Wildman–Crippen LogP) is 0.603. The smallest absolute Gasteiger partial charge is 0.0830 e. The Morgan fingerprint density at radius 1 is 1.62 bits per heavy atom. The van der Waals surface area contributed by atoms with Crippen LogP contribution in [-0.4, -0.2) is 28.6 Å². The SMILES string of the molecule is CCC(CNC)Cc1cn(C)nn1. The zero-order chi connectivity index (χ0) is 9.68. The van der Waals surface area contributed by atoms with Crippen LogP contribution in [0.15, 0.2) is 6.20 Å². The van der Waals surface area contributed by atoms with Gasteiger partial charge in [0.25, 0.3) is 0 Å². The van der Waals surface area contributed by atoms with Gasteiger partial charge >= 0.3 is 0 Å². The third-order valence-corrected chi connectivity index (χ3v) is 2.22. The summed E-state index contributed by atoms with van der Waals surface area (Å²) in [7, 11) is 3.88. The van der Waals surface area contributed by atoms with Gasteiger partial charge in [0.15, 0.2) is 0 Å². The van der Waals surface area contributed by atoms with Crippen LogP contribution in [0.4, 0.5) is 0 Å². The zero-order valence-electron chi connectivity index (χ0n) is 8.62. The Bertz CT molecular complexity index is 244. The van der Waals surface area contributed by atoms with Crippen LogP contribution in [0.5, 0.6) is 0 Å². The van der Waals surface area contributed by atoms with E-state index in [4.69, 9.17) is 0 Å². The molecule has 0 radical (unpaired) electrons. The molecular weight excluding hydrogens is 164 g/mol. The first-order chi connectivity index (χ1) is 6.26. The molecular formula is C9H18N4. The van der Waals surface area contributed by atoms with E-state index >= 15 is 0 Å². The highest BCUT2D eigenvalue weighted by molar-refractivity contribution is 4.93. The fraction of sp³-hybridized carbons (Fsp3) is 0.778. The van der Waals surface area contributed by atoms with Gasteiger partial charge < -0.3 is 5.32 Å². The van der Waals surface area contributed by atoms with Crippen molar-refractivity contribution in [2.24, 2.45) is 13.0 Å². The number of rotatable bonds is 5. The highest BCUT2D eigenvalue weighted by Gasteiger charge is 2.08. The molecule has 0 bridgehead atoms.